The summed E-state index contributed by atoms with van der Waals surface area (Å²) in [6.45, 7) is 0.427. The molecule has 3 aromatic rings. The lowest BCUT2D eigenvalue weighted by atomic mass is 10.1. The van der Waals surface area contributed by atoms with Gasteiger partial charge in [-0.15, -0.1) is 34.3 Å². The summed E-state index contributed by atoms with van der Waals surface area (Å²) in [7, 11) is 0. The number of benzene rings is 1. The maximum atomic E-state index is 12.1. The number of halogens is 1. The van der Waals surface area contributed by atoms with Crippen molar-refractivity contribution in [2.75, 3.05) is 6.54 Å². The molecule has 0 radical (unpaired) electrons. The lowest BCUT2D eigenvalue weighted by Crippen LogP contribution is -2.26. The van der Waals surface area contributed by atoms with Crippen molar-refractivity contribution in [2.24, 2.45) is 0 Å². The molecule has 0 aliphatic carbocycles. The van der Waals surface area contributed by atoms with E-state index in [0.29, 0.717) is 6.54 Å². The molecule has 1 N–H and O–H groups in total. The summed E-state index contributed by atoms with van der Waals surface area (Å²) < 4.78 is 2.32. The molecule has 102 valence electrons. The molecule has 3 rings (SSSR count). The molecule has 2 aromatic heterocycles. The van der Waals surface area contributed by atoms with E-state index >= 15 is 0 Å². The fraction of sp³-hybridized carbons (Fsp3) is 0.133. The minimum Gasteiger partial charge on any atom is -0.350 e. The number of hydrogen-bond acceptors (Lipinski definition) is 3. The minimum atomic E-state index is -0.207. The molecule has 1 unspecified atom stereocenters. The van der Waals surface area contributed by atoms with E-state index in [4.69, 9.17) is 11.6 Å². The Morgan fingerprint density at radius 3 is 2.75 bits per heavy atom. The molecule has 0 aliphatic heterocycles. The van der Waals surface area contributed by atoms with Crippen molar-refractivity contribution in [3.05, 3.63) is 58.3 Å². The van der Waals surface area contributed by atoms with Crippen LogP contribution < -0.4 is 5.32 Å². The summed E-state index contributed by atoms with van der Waals surface area (Å²) in [4.78, 5) is 12.8. The highest BCUT2D eigenvalue weighted by Crippen LogP contribution is 2.30. The van der Waals surface area contributed by atoms with Gasteiger partial charge >= 0.3 is 0 Å². The first kappa shape index (κ1) is 13.6. The summed E-state index contributed by atoms with van der Waals surface area (Å²) in [5.74, 6) is -0.0556. The van der Waals surface area contributed by atoms with Crippen LogP contribution in [-0.4, -0.2) is 12.5 Å². The van der Waals surface area contributed by atoms with Gasteiger partial charge in [0.1, 0.15) is 0 Å². The standard InChI is InChI=1S/C15H12ClNOS2/c16-11(10-4-2-1-3-5-10)9-17-15(18)14-8-13-12(20-14)6-7-19-13/h1-8,11H,9H2,(H,17,18). The van der Waals surface area contributed by atoms with Crippen LogP contribution in [0.25, 0.3) is 9.40 Å². The topological polar surface area (TPSA) is 29.1 Å². The Labute approximate surface area is 130 Å². The first-order valence-electron chi connectivity index (χ1n) is 6.18. The number of hydrogen-bond donors (Lipinski definition) is 1. The average Bonchev–Trinajstić information content (AvgIpc) is 3.06. The second-order valence-corrected chi connectivity index (χ2v) is 6.91. The number of rotatable bonds is 4. The van der Waals surface area contributed by atoms with Gasteiger partial charge in [-0.3, -0.25) is 4.79 Å². The largest absolute Gasteiger partial charge is 0.350 e. The van der Waals surface area contributed by atoms with Crippen molar-refractivity contribution >= 4 is 49.6 Å². The van der Waals surface area contributed by atoms with Crippen molar-refractivity contribution in [1.82, 2.24) is 5.32 Å². The van der Waals surface area contributed by atoms with Crippen molar-refractivity contribution < 1.29 is 4.79 Å². The van der Waals surface area contributed by atoms with Crippen LogP contribution in [0.4, 0.5) is 0 Å². The molecule has 1 atom stereocenters. The van der Waals surface area contributed by atoms with E-state index in [1.54, 1.807) is 11.3 Å². The number of fused-ring (bicyclic) bond motifs is 1. The maximum absolute atomic E-state index is 12.1. The third-order valence-corrected chi connectivity index (χ3v) is 5.46. The van der Waals surface area contributed by atoms with Crippen molar-refractivity contribution in [2.45, 2.75) is 5.38 Å². The number of thiophene rings is 2. The average molecular weight is 322 g/mol. The van der Waals surface area contributed by atoms with E-state index in [1.807, 2.05) is 47.8 Å². The van der Waals surface area contributed by atoms with Crippen LogP contribution >= 0.6 is 34.3 Å². The van der Waals surface area contributed by atoms with Gasteiger partial charge in [-0.25, -0.2) is 0 Å². The van der Waals surface area contributed by atoms with Crippen LogP contribution in [0.5, 0.6) is 0 Å². The molecular weight excluding hydrogens is 310 g/mol. The van der Waals surface area contributed by atoms with E-state index < -0.39 is 0 Å². The molecule has 0 saturated heterocycles. The molecular formula is C15H12ClNOS2. The first-order chi connectivity index (χ1) is 9.74. The van der Waals surface area contributed by atoms with E-state index in [-0.39, 0.29) is 11.3 Å². The summed E-state index contributed by atoms with van der Waals surface area (Å²) >= 11 is 9.45. The highest BCUT2D eigenvalue weighted by molar-refractivity contribution is 7.27. The zero-order chi connectivity index (χ0) is 13.9. The van der Waals surface area contributed by atoms with Crippen LogP contribution in [0.2, 0.25) is 0 Å². The van der Waals surface area contributed by atoms with Crippen molar-refractivity contribution in [1.29, 1.82) is 0 Å². The quantitative estimate of drug-likeness (QED) is 0.695. The molecule has 2 heterocycles. The van der Waals surface area contributed by atoms with Gasteiger partial charge < -0.3 is 5.32 Å². The summed E-state index contributed by atoms with van der Waals surface area (Å²) in [5.41, 5.74) is 1.02. The maximum Gasteiger partial charge on any atom is 0.261 e. The Kier molecular flexibility index (Phi) is 4.05. The molecule has 0 aliphatic rings. The lowest BCUT2D eigenvalue weighted by molar-refractivity contribution is 0.0957. The lowest BCUT2D eigenvalue weighted by Gasteiger charge is -2.10. The number of carbonyl (C=O) groups is 1. The predicted molar refractivity (Wildman–Crippen MR) is 87.1 cm³/mol. The molecule has 0 bridgehead atoms. The second kappa shape index (κ2) is 5.95. The molecule has 20 heavy (non-hydrogen) atoms. The van der Waals surface area contributed by atoms with Gasteiger partial charge in [0.25, 0.3) is 5.91 Å². The van der Waals surface area contributed by atoms with Gasteiger partial charge in [0, 0.05) is 15.9 Å². The Bertz CT molecular complexity index is 691. The molecule has 5 heteroatoms. The smallest absolute Gasteiger partial charge is 0.261 e. The van der Waals surface area contributed by atoms with Gasteiger partial charge in [0.15, 0.2) is 0 Å². The summed E-state index contributed by atoms with van der Waals surface area (Å²) in [5, 5.41) is 4.72. The van der Waals surface area contributed by atoms with E-state index in [9.17, 15) is 4.79 Å². The third-order valence-electron chi connectivity index (χ3n) is 2.97. The Morgan fingerprint density at radius 1 is 1.20 bits per heavy atom. The molecule has 2 nitrogen and oxygen atoms in total. The monoisotopic (exact) mass is 321 g/mol. The van der Waals surface area contributed by atoms with Gasteiger partial charge in [0.05, 0.1) is 10.3 Å². The minimum absolute atomic E-state index is 0.0556. The summed E-state index contributed by atoms with van der Waals surface area (Å²) in [6, 6.07) is 13.7. The molecule has 0 saturated carbocycles. The zero-order valence-corrected chi connectivity index (χ0v) is 12.9. The molecule has 1 amide bonds. The Balaban J connectivity index is 1.63. The third kappa shape index (κ3) is 2.87. The molecule has 0 fully saturated rings. The van der Waals surface area contributed by atoms with Gasteiger partial charge in [0.2, 0.25) is 0 Å². The van der Waals surface area contributed by atoms with Crippen molar-refractivity contribution in [3.63, 3.8) is 0 Å². The second-order valence-electron chi connectivity index (χ2n) is 4.35. The Morgan fingerprint density at radius 2 is 2.00 bits per heavy atom. The normalized spacial score (nSPS) is 12.4. The number of carbonyl (C=O) groups excluding carboxylic acids is 1. The molecule has 1 aromatic carbocycles. The molecule has 0 spiro atoms. The number of amides is 1. The van der Waals surface area contributed by atoms with Crippen LogP contribution in [0.3, 0.4) is 0 Å². The Hall–Kier alpha value is -1.36. The number of nitrogens with one attached hydrogen (secondary N) is 1. The number of alkyl halides is 1. The first-order valence-corrected chi connectivity index (χ1v) is 8.31. The van der Waals surface area contributed by atoms with Gasteiger partial charge in [-0.1, -0.05) is 30.3 Å². The fourth-order valence-electron chi connectivity index (χ4n) is 1.93. The van der Waals surface area contributed by atoms with E-state index in [1.165, 1.54) is 11.3 Å². The zero-order valence-electron chi connectivity index (χ0n) is 10.5. The summed E-state index contributed by atoms with van der Waals surface area (Å²) in [6.07, 6.45) is 0. The van der Waals surface area contributed by atoms with Crippen LogP contribution in [0, 0.1) is 0 Å². The van der Waals surface area contributed by atoms with E-state index in [0.717, 1.165) is 19.8 Å². The van der Waals surface area contributed by atoms with E-state index in [2.05, 4.69) is 5.32 Å². The van der Waals surface area contributed by atoms with Gasteiger partial charge in [-0.2, -0.15) is 0 Å². The highest BCUT2D eigenvalue weighted by atomic mass is 35.5. The van der Waals surface area contributed by atoms with Crippen LogP contribution in [-0.2, 0) is 0 Å². The fourth-order valence-corrected chi connectivity index (χ4v) is 4.17. The van der Waals surface area contributed by atoms with Crippen LogP contribution in [0.15, 0.2) is 47.8 Å². The van der Waals surface area contributed by atoms with Gasteiger partial charge in [-0.05, 0) is 23.1 Å². The highest BCUT2D eigenvalue weighted by Gasteiger charge is 2.13. The SMILES string of the molecule is O=C(NCC(Cl)c1ccccc1)c1cc2sccc2s1. The van der Waals surface area contributed by atoms with Crippen LogP contribution in [0.1, 0.15) is 20.6 Å². The van der Waals surface area contributed by atoms with Crippen molar-refractivity contribution in [3.8, 4) is 0 Å². The predicted octanol–water partition coefficient (Wildman–Crippen LogP) is 4.67.